The van der Waals surface area contributed by atoms with Gasteiger partial charge in [-0.3, -0.25) is 9.05 Å². The van der Waals surface area contributed by atoms with Gasteiger partial charge >= 0.3 is 20.1 Å². The van der Waals surface area contributed by atoms with Gasteiger partial charge < -0.3 is 10.5 Å². The molecule has 0 fully saturated rings. The minimum Gasteiger partial charge on any atom is -0.415 e. The fraction of sp³-hybridized carbons (Fsp3) is 0.462. The molecular formula is C13H17F3NO6P. The first-order valence-corrected chi connectivity index (χ1v) is 8.28. The van der Waals surface area contributed by atoms with Crippen molar-refractivity contribution in [3.63, 3.8) is 0 Å². The third-order valence-corrected chi connectivity index (χ3v) is 4.11. The zero-order chi connectivity index (χ0) is 18.4. The van der Waals surface area contributed by atoms with Crippen molar-refractivity contribution >= 4 is 13.9 Å². The van der Waals surface area contributed by atoms with Crippen molar-refractivity contribution in [1.29, 1.82) is 0 Å². The van der Waals surface area contributed by atoms with Gasteiger partial charge in [-0.15, -0.1) is 0 Å². The van der Waals surface area contributed by atoms with Crippen LogP contribution in [0.5, 0.6) is 0 Å². The number of phosphoric acid groups is 1. The molecule has 0 spiro atoms. The largest absolute Gasteiger partial charge is 0.478 e. The molecule has 0 aromatic heterocycles. The van der Waals surface area contributed by atoms with Crippen LogP contribution in [0.2, 0.25) is 0 Å². The molecule has 1 aromatic rings. The maximum atomic E-state index is 12.8. The number of carbonyl (C=O) groups excluding carboxylic acids is 1. The first-order chi connectivity index (χ1) is 11.1. The molecule has 1 amide bonds. The Bertz CT molecular complexity index is 600. The number of primary amides is 1. The van der Waals surface area contributed by atoms with E-state index in [0.29, 0.717) is 6.07 Å². The van der Waals surface area contributed by atoms with Crippen molar-refractivity contribution < 1.29 is 40.8 Å². The molecule has 1 atom stereocenters. The predicted octanol–water partition coefficient (Wildman–Crippen LogP) is 4.00. The lowest BCUT2D eigenvalue weighted by atomic mass is 10.1. The van der Waals surface area contributed by atoms with Gasteiger partial charge in [0.1, 0.15) is 0 Å². The Morgan fingerprint density at radius 2 is 1.83 bits per heavy atom. The van der Waals surface area contributed by atoms with E-state index in [4.69, 9.17) is 19.3 Å². The number of phosphoric ester groups is 1. The predicted molar refractivity (Wildman–Crippen MR) is 76.8 cm³/mol. The minimum atomic E-state index is -4.63. The van der Waals surface area contributed by atoms with E-state index >= 15 is 0 Å². The fourth-order valence-electron chi connectivity index (χ4n) is 1.65. The molecule has 0 radical (unpaired) electrons. The molecule has 1 unspecified atom stereocenters. The lowest BCUT2D eigenvalue weighted by Gasteiger charge is -2.23. The zero-order valence-corrected chi connectivity index (χ0v) is 13.8. The van der Waals surface area contributed by atoms with Gasteiger partial charge in [-0.2, -0.15) is 13.2 Å². The van der Waals surface area contributed by atoms with Crippen LogP contribution < -0.4 is 5.73 Å². The van der Waals surface area contributed by atoms with Crippen LogP contribution in [0.3, 0.4) is 0 Å². The van der Waals surface area contributed by atoms with Gasteiger partial charge in [-0.05, 0) is 26.0 Å². The third kappa shape index (κ3) is 6.12. The van der Waals surface area contributed by atoms with Gasteiger partial charge in [-0.25, -0.2) is 13.9 Å². The summed E-state index contributed by atoms with van der Waals surface area (Å²) >= 11 is 0. The first kappa shape index (κ1) is 20.4. The fourth-order valence-corrected chi connectivity index (χ4v) is 2.88. The summed E-state index contributed by atoms with van der Waals surface area (Å²) in [4.78, 5) is 11.0. The molecule has 0 saturated carbocycles. The monoisotopic (exact) mass is 371 g/mol. The Hall–Kier alpha value is -1.61. The number of alkyl halides is 3. The van der Waals surface area contributed by atoms with Crippen LogP contribution >= 0.6 is 7.82 Å². The Balaban J connectivity index is 3.17. The average Bonchev–Trinajstić information content (AvgIpc) is 2.46. The number of amides is 1. The van der Waals surface area contributed by atoms with E-state index in [-0.39, 0.29) is 18.8 Å². The van der Waals surface area contributed by atoms with E-state index in [1.165, 1.54) is 19.9 Å². The summed E-state index contributed by atoms with van der Waals surface area (Å²) in [5, 5.41) is 0. The lowest BCUT2D eigenvalue weighted by Crippen LogP contribution is -2.20. The van der Waals surface area contributed by atoms with Gasteiger partial charge in [0.15, 0.2) is 0 Å². The van der Waals surface area contributed by atoms with Crippen LogP contribution in [-0.2, 0) is 29.0 Å². The third-order valence-electron chi connectivity index (χ3n) is 2.51. The van der Waals surface area contributed by atoms with Crippen LogP contribution in [0.1, 0.15) is 31.3 Å². The number of carbonyl (C=O) groups is 1. The summed E-state index contributed by atoms with van der Waals surface area (Å²) in [5.41, 5.74) is 3.64. The van der Waals surface area contributed by atoms with Crippen molar-refractivity contribution in [2.45, 2.75) is 26.3 Å². The topological polar surface area (TPSA) is 97.1 Å². The van der Waals surface area contributed by atoms with E-state index in [1.54, 1.807) is 0 Å². The second kappa shape index (κ2) is 8.48. The SMILES string of the molecule is CCOP(=O)(OCC)OC(OC(N)=O)c1cccc(C(F)(F)F)c1. The summed E-state index contributed by atoms with van der Waals surface area (Å²) in [5.74, 6) is 0. The molecule has 0 bridgehead atoms. The second-order valence-electron chi connectivity index (χ2n) is 4.28. The Morgan fingerprint density at radius 3 is 2.29 bits per heavy atom. The van der Waals surface area contributed by atoms with Crippen LogP contribution in [0, 0.1) is 0 Å². The van der Waals surface area contributed by atoms with Crippen molar-refractivity contribution in [3.05, 3.63) is 35.4 Å². The van der Waals surface area contributed by atoms with E-state index < -0.39 is 31.9 Å². The summed E-state index contributed by atoms with van der Waals surface area (Å²) in [7, 11) is -4.17. The molecular weight excluding hydrogens is 354 g/mol. The summed E-state index contributed by atoms with van der Waals surface area (Å²) < 4.78 is 70.1. The Labute approximate surface area is 136 Å². The Morgan fingerprint density at radius 1 is 1.25 bits per heavy atom. The molecule has 2 N–H and O–H groups in total. The van der Waals surface area contributed by atoms with Crippen molar-refractivity contribution in [1.82, 2.24) is 0 Å². The van der Waals surface area contributed by atoms with Gasteiger partial charge in [0.25, 0.3) is 0 Å². The average molecular weight is 371 g/mol. The highest BCUT2D eigenvalue weighted by Gasteiger charge is 2.35. The lowest BCUT2D eigenvalue weighted by molar-refractivity contribution is -0.137. The molecule has 0 aliphatic carbocycles. The number of rotatable bonds is 8. The van der Waals surface area contributed by atoms with Crippen LogP contribution in [0.15, 0.2) is 24.3 Å². The number of halogens is 3. The van der Waals surface area contributed by atoms with Crippen LogP contribution in [0.25, 0.3) is 0 Å². The summed E-state index contributed by atoms with van der Waals surface area (Å²) in [6.45, 7) is 2.87. The molecule has 24 heavy (non-hydrogen) atoms. The second-order valence-corrected chi connectivity index (χ2v) is 5.90. The smallest absolute Gasteiger partial charge is 0.415 e. The number of hydrogen-bond donors (Lipinski definition) is 1. The maximum Gasteiger partial charge on any atom is 0.478 e. The molecule has 0 saturated heterocycles. The summed E-state index contributed by atoms with van der Waals surface area (Å²) in [6.07, 6.45) is -7.76. The Kier molecular flexibility index (Phi) is 7.22. The molecule has 0 aliphatic rings. The number of ether oxygens (including phenoxy) is 1. The summed E-state index contributed by atoms with van der Waals surface area (Å²) in [6, 6.07) is 3.75. The highest BCUT2D eigenvalue weighted by atomic mass is 31.2. The van der Waals surface area contributed by atoms with E-state index in [2.05, 4.69) is 4.74 Å². The van der Waals surface area contributed by atoms with E-state index in [1.807, 2.05) is 0 Å². The minimum absolute atomic E-state index is 0.0663. The molecule has 7 nitrogen and oxygen atoms in total. The first-order valence-electron chi connectivity index (χ1n) is 6.82. The van der Waals surface area contributed by atoms with Gasteiger partial charge in [0.2, 0.25) is 6.29 Å². The molecule has 1 aromatic carbocycles. The highest BCUT2D eigenvalue weighted by molar-refractivity contribution is 7.48. The standard InChI is InChI=1S/C13H17F3NO6P/c1-3-20-24(19,21-4-2)23-11(22-12(17)18)9-6-5-7-10(8-9)13(14,15)16/h5-8,11H,3-4H2,1-2H3,(H2,17,18). The van der Waals surface area contributed by atoms with E-state index in [9.17, 15) is 22.5 Å². The quantitative estimate of drug-likeness (QED) is 0.548. The molecule has 0 heterocycles. The molecule has 11 heteroatoms. The molecule has 0 aliphatic heterocycles. The van der Waals surface area contributed by atoms with Gasteiger partial charge in [0.05, 0.1) is 18.8 Å². The molecule has 1 rings (SSSR count). The zero-order valence-electron chi connectivity index (χ0n) is 12.9. The highest BCUT2D eigenvalue weighted by Crippen LogP contribution is 2.53. The number of nitrogens with two attached hydrogens (primary N) is 1. The number of benzene rings is 1. The van der Waals surface area contributed by atoms with E-state index in [0.717, 1.165) is 12.1 Å². The normalized spacial score (nSPS) is 13.5. The van der Waals surface area contributed by atoms with Gasteiger partial charge in [-0.1, -0.05) is 12.1 Å². The van der Waals surface area contributed by atoms with Crippen molar-refractivity contribution in [2.75, 3.05) is 13.2 Å². The van der Waals surface area contributed by atoms with Gasteiger partial charge in [0, 0.05) is 5.56 Å². The van der Waals surface area contributed by atoms with Crippen LogP contribution in [0.4, 0.5) is 18.0 Å². The maximum absolute atomic E-state index is 12.8. The van der Waals surface area contributed by atoms with Crippen LogP contribution in [-0.4, -0.2) is 19.3 Å². The van der Waals surface area contributed by atoms with Crippen molar-refractivity contribution in [2.24, 2.45) is 5.73 Å². The van der Waals surface area contributed by atoms with Crippen molar-refractivity contribution in [3.8, 4) is 0 Å². The molecule has 136 valence electrons. The number of hydrogen-bond acceptors (Lipinski definition) is 6.